The van der Waals surface area contributed by atoms with Gasteiger partial charge in [-0.1, -0.05) is 51.0 Å². The predicted molar refractivity (Wildman–Crippen MR) is 211 cm³/mol. The summed E-state index contributed by atoms with van der Waals surface area (Å²) in [5.41, 5.74) is -2.58. The van der Waals surface area contributed by atoms with Gasteiger partial charge in [0.15, 0.2) is 35.4 Å². The van der Waals surface area contributed by atoms with Crippen LogP contribution in [0.5, 0.6) is 0 Å². The third-order valence-corrected chi connectivity index (χ3v) is 17.4. The van der Waals surface area contributed by atoms with Crippen LogP contribution in [0.3, 0.4) is 0 Å². The van der Waals surface area contributed by atoms with Crippen LogP contribution in [0.1, 0.15) is 99.3 Å². The van der Waals surface area contributed by atoms with Gasteiger partial charge in [-0.2, -0.15) is 0 Å². The van der Waals surface area contributed by atoms with Crippen LogP contribution in [0.15, 0.2) is 52.6 Å². The molecule has 12 nitrogen and oxygen atoms in total. The quantitative estimate of drug-likeness (QED) is 0.292. The number of ether oxygens (including phenoxy) is 2. The van der Waals surface area contributed by atoms with E-state index in [1.54, 1.807) is 31.2 Å². The summed E-state index contributed by atoms with van der Waals surface area (Å²) in [6, 6.07) is 0. The number of esters is 1. The fourth-order valence-electron chi connectivity index (χ4n) is 14.9. The fourth-order valence-corrected chi connectivity index (χ4v) is 14.9. The van der Waals surface area contributed by atoms with Crippen molar-refractivity contribution >= 4 is 35.0 Å². The van der Waals surface area contributed by atoms with E-state index in [4.69, 9.17) is 14.5 Å². The van der Waals surface area contributed by atoms with Crippen molar-refractivity contribution in [1.82, 2.24) is 0 Å². The van der Waals surface area contributed by atoms with E-state index in [1.165, 1.54) is 6.92 Å². The van der Waals surface area contributed by atoms with Crippen molar-refractivity contribution in [3.8, 4) is 0 Å². The van der Waals surface area contributed by atoms with Gasteiger partial charge in [0.05, 0.1) is 12.2 Å². The topological polar surface area (TPSA) is 197 Å². The Morgan fingerprint density at radius 1 is 0.828 bits per heavy atom. The Balaban J connectivity index is 0.000000165. The minimum absolute atomic E-state index is 0.00898. The van der Waals surface area contributed by atoms with Crippen LogP contribution in [0.2, 0.25) is 0 Å². The second kappa shape index (κ2) is 13.7. The van der Waals surface area contributed by atoms with Crippen molar-refractivity contribution in [3.63, 3.8) is 0 Å². The Hall–Kier alpha value is -3.58. The van der Waals surface area contributed by atoms with Gasteiger partial charge in [0.2, 0.25) is 5.78 Å². The normalized spacial score (nSPS) is 47.8. The average molecular weight is 802 g/mol. The molecule has 0 unspecified atom stereocenters. The minimum atomic E-state index is -1.56. The Labute approximate surface area is 339 Å². The first kappa shape index (κ1) is 41.2. The number of rotatable bonds is 5. The zero-order chi connectivity index (χ0) is 42.0. The maximum Gasteiger partial charge on any atom is 0.303 e. The molecule has 0 radical (unpaired) electrons. The van der Waals surface area contributed by atoms with Gasteiger partial charge in [0.1, 0.15) is 18.3 Å². The molecule has 8 aliphatic carbocycles. The molecular weight excluding hydrogens is 743 g/mol. The number of hydrogen-bond acceptors (Lipinski definition) is 12. The number of Topliss-reactive ketones (excluding diaryl/α,β-unsaturated/α-hetero) is 2. The largest absolute Gasteiger partial charge is 0.475 e. The molecule has 15 atom stereocenters. The molecule has 9 rings (SSSR count). The number of allylic oxidation sites excluding steroid dienone is 8. The van der Waals surface area contributed by atoms with Crippen LogP contribution in [0.25, 0.3) is 0 Å². The SMILES string of the molecule is CC(=O)OCC(=O)[C@@]12N=C(C)O[C@@H]1C[C@H]1[C@@H]3CCC4=CC(=O)C=C[C@]4(C)[C@H]3[C@@H](O)C[C@@]12C.C[C@]12C=CC(=O)C=C1CC[C@@H]1[C@@H]2[C@@H](O)C[C@@]2(C)[C@H]1CC[C@]2(O)C(=O)CO. The number of hydrogen-bond donors (Lipinski definition) is 4. The maximum absolute atomic E-state index is 13.5. The van der Waals surface area contributed by atoms with E-state index in [0.29, 0.717) is 31.6 Å². The van der Waals surface area contributed by atoms with E-state index in [-0.39, 0.29) is 70.3 Å². The van der Waals surface area contributed by atoms with E-state index in [9.17, 15) is 44.4 Å². The van der Waals surface area contributed by atoms with Gasteiger partial charge in [0.25, 0.3) is 0 Å². The third-order valence-electron chi connectivity index (χ3n) is 17.4. The van der Waals surface area contributed by atoms with Crippen LogP contribution in [0.4, 0.5) is 0 Å². The fraction of sp³-hybridized carbons (Fsp3) is 0.696. The lowest BCUT2D eigenvalue weighted by Crippen LogP contribution is -2.62. The molecule has 1 aliphatic heterocycles. The Bertz CT molecular complexity index is 2000. The minimum Gasteiger partial charge on any atom is -0.475 e. The summed E-state index contributed by atoms with van der Waals surface area (Å²) < 4.78 is 11.2. The van der Waals surface area contributed by atoms with Gasteiger partial charge in [-0.3, -0.25) is 24.0 Å². The Morgan fingerprint density at radius 2 is 1.36 bits per heavy atom. The molecule has 0 aromatic heterocycles. The van der Waals surface area contributed by atoms with E-state index in [0.717, 1.165) is 43.3 Å². The maximum atomic E-state index is 13.5. The van der Waals surface area contributed by atoms with E-state index < -0.39 is 58.6 Å². The molecule has 314 valence electrons. The second-order valence-corrected chi connectivity index (χ2v) is 19.8. The van der Waals surface area contributed by atoms with Crippen molar-refractivity contribution in [2.45, 2.75) is 129 Å². The highest BCUT2D eigenvalue weighted by molar-refractivity contribution is 6.02. The third kappa shape index (κ3) is 5.52. The molecule has 0 aromatic carbocycles. The molecule has 6 saturated carbocycles. The molecular formula is C46H59NO11. The smallest absolute Gasteiger partial charge is 0.303 e. The molecule has 9 aliphatic rings. The zero-order valence-corrected chi connectivity index (χ0v) is 34.5. The Morgan fingerprint density at radius 3 is 1.90 bits per heavy atom. The number of carbonyl (C=O) groups is 5. The molecule has 0 saturated heterocycles. The second-order valence-electron chi connectivity index (χ2n) is 19.8. The molecule has 0 amide bonds. The van der Waals surface area contributed by atoms with Gasteiger partial charge >= 0.3 is 5.97 Å². The van der Waals surface area contributed by atoms with E-state index in [2.05, 4.69) is 20.8 Å². The molecule has 6 fully saturated rings. The first-order valence-electron chi connectivity index (χ1n) is 21.2. The van der Waals surface area contributed by atoms with Crippen molar-refractivity contribution in [2.75, 3.05) is 13.2 Å². The summed E-state index contributed by atoms with van der Waals surface area (Å²) in [5, 5.41) is 43.2. The summed E-state index contributed by atoms with van der Waals surface area (Å²) in [5.74, 6) is -0.240. The lowest BCUT2D eigenvalue weighted by atomic mass is 9.46. The molecule has 1 heterocycles. The summed E-state index contributed by atoms with van der Waals surface area (Å²) in [7, 11) is 0. The summed E-state index contributed by atoms with van der Waals surface area (Å²) in [4.78, 5) is 65.9. The molecule has 0 spiro atoms. The number of aliphatic imine (C=N–C) groups is 1. The zero-order valence-electron chi connectivity index (χ0n) is 34.5. The highest BCUT2D eigenvalue weighted by Gasteiger charge is 2.75. The highest BCUT2D eigenvalue weighted by atomic mass is 16.5. The number of aliphatic hydroxyl groups is 4. The van der Waals surface area contributed by atoms with Crippen LogP contribution < -0.4 is 0 Å². The van der Waals surface area contributed by atoms with Crippen molar-refractivity contribution < 1.29 is 53.9 Å². The highest BCUT2D eigenvalue weighted by Crippen LogP contribution is 2.70. The van der Waals surface area contributed by atoms with Gasteiger partial charge in [-0.05, 0) is 106 Å². The van der Waals surface area contributed by atoms with Crippen molar-refractivity contribution in [2.24, 2.45) is 62.2 Å². The lowest BCUT2D eigenvalue weighted by molar-refractivity contribution is -0.178. The van der Waals surface area contributed by atoms with E-state index >= 15 is 0 Å². The van der Waals surface area contributed by atoms with Crippen LogP contribution in [-0.4, -0.2) is 98.1 Å². The van der Waals surface area contributed by atoms with E-state index in [1.807, 2.05) is 19.1 Å². The molecule has 4 N–H and O–H groups in total. The number of fused-ring (bicyclic) bond motifs is 12. The van der Waals surface area contributed by atoms with Crippen molar-refractivity contribution in [3.05, 3.63) is 47.6 Å². The van der Waals surface area contributed by atoms with Gasteiger partial charge < -0.3 is 29.9 Å². The lowest BCUT2D eigenvalue weighted by Gasteiger charge is -2.59. The molecule has 0 aromatic rings. The average Bonchev–Trinajstić information content (AvgIpc) is 3.73. The predicted octanol–water partition coefficient (Wildman–Crippen LogP) is 4.12. The number of ketones is 4. The number of nitrogens with zero attached hydrogens (tertiary/aromatic N) is 1. The summed E-state index contributed by atoms with van der Waals surface area (Å²) in [6.07, 6.45) is 14.7. The van der Waals surface area contributed by atoms with Gasteiger partial charge in [0, 0.05) is 47.3 Å². The molecule has 0 bridgehead atoms. The number of carbonyl (C=O) groups excluding carboxylic acids is 5. The van der Waals surface area contributed by atoms with Gasteiger partial charge in [-0.25, -0.2) is 4.99 Å². The number of aliphatic hydroxyl groups excluding tert-OH is 3. The van der Waals surface area contributed by atoms with Crippen molar-refractivity contribution in [1.29, 1.82) is 0 Å². The van der Waals surface area contributed by atoms with Crippen LogP contribution in [-0.2, 0) is 33.4 Å². The van der Waals surface area contributed by atoms with Crippen LogP contribution in [0, 0.1) is 57.2 Å². The molecule has 12 heteroatoms. The summed E-state index contributed by atoms with van der Waals surface area (Å²) >= 11 is 0. The monoisotopic (exact) mass is 801 g/mol. The van der Waals surface area contributed by atoms with Crippen LogP contribution >= 0.6 is 0 Å². The standard InChI is InChI=1S/C25H31NO6.C21H28O5/c1-13-26-25(20(30)12-31-14(2)27)21(32-13)10-18-17-6-5-15-9-16(28)7-8-23(15,3)22(17)19(29)11-24(18,25)4;1-19-7-5-13(23)9-12(19)3-4-14-15-6-8-21(26,17(25)11-22)20(15,2)10-16(24)18(14)19/h7-9,17-19,21-22,29H,5-6,10-12H2,1-4H3;5,7,9,14-16,18,22,24,26H,3-4,6,8,10-11H2,1-2H3/t17-,18-,19-,21+,22+,23-,24-,25+;14-,15-,16-,18+,19-,20-,21-/m00/s1. The van der Waals surface area contributed by atoms with Gasteiger partial charge in [-0.15, -0.1) is 0 Å². The Kier molecular flexibility index (Phi) is 9.74. The first-order chi connectivity index (χ1) is 27.2. The summed E-state index contributed by atoms with van der Waals surface area (Å²) in [6.45, 7) is 10.2. The first-order valence-corrected chi connectivity index (χ1v) is 21.2. The molecule has 58 heavy (non-hydrogen) atoms.